The fraction of sp³-hybridized carbons (Fsp3) is 0.583. The van der Waals surface area contributed by atoms with Crippen molar-refractivity contribution in [2.45, 2.75) is 25.9 Å². The number of nitrogens with one attached hydrogen (secondary N) is 1. The number of hydrogen-bond donors (Lipinski definition) is 1. The van der Waals surface area contributed by atoms with Gasteiger partial charge in [-0.3, -0.25) is 10.1 Å². The molecule has 1 aromatic rings. The molecule has 0 amide bonds. The number of hydrogen-bond acceptors (Lipinski definition) is 5. The molecule has 1 N–H and O–H groups in total. The van der Waals surface area contributed by atoms with E-state index in [1.54, 1.807) is 0 Å². The van der Waals surface area contributed by atoms with Crippen LogP contribution in [-0.2, 0) is 4.74 Å². The van der Waals surface area contributed by atoms with Gasteiger partial charge in [-0.15, -0.1) is 0 Å². The number of ether oxygens (including phenoxy) is 1. The van der Waals surface area contributed by atoms with Gasteiger partial charge in [0, 0.05) is 25.1 Å². The van der Waals surface area contributed by atoms with E-state index >= 15 is 0 Å². The maximum absolute atomic E-state index is 10.6. The lowest BCUT2D eigenvalue weighted by molar-refractivity contribution is -0.385. The summed E-state index contributed by atoms with van der Waals surface area (Å²) in [5, 5.41) is 14.0. The highest BCUT2D eigenvalue weighted by molar-refractivity contribution is 6.33. The number of rotatable bonds is 5. The molecule has 19 heavy (non-hydrogen) atoms. The Hall–Kier alpha value is -1.40. The number of halogens is 1. The summed E-state index contributed by atoms with van der Waals surface area (Å²) in [7, 11) is 0. The first-order valence-electron chi connectivity index (χ1n) is 6.27. The normalized spacial score (nSPS) is 22.4. The predicted molar refractivity (Wildman–Crippen MR) is 72.5 cm³/mol. The van der Waals surface area contributed by atoms with Crippen molar-refractivity contribution in [2.24, 2.45) is 5.92 Å². The van der Waals surface area contributed by atoms with E-state index < -0.39 is 4.92 Å². The Kier molecular flexibility index (Phi) is 4.55. The molecule has 7 heteroatoms. The summed E-state index contributed by atoms with van der Waals surface area (Å²) in [6.45, 7) is 3.59. The maximum atomic E-state index is 10.6. The average Bonchev–Trinajstić information content (AvgIpc) is 2.84. The zero-order valence-electron chi connectivity index (χ0n) is 10.6. The summed E-state index contributed by atoms with van der Waals surface area (Å²) in [6, 6.07) is 1.30. The first-order chi connectivity index (χ1) is 9.11. The van der Waals surface area contributed by atoms with E-state index in [2.05, 4.69) is 17.2 Å². The fourth-order valence-electron chi connectivity index (χ4n) is 2.26. The topological polar surface area (TPSA) is 77.3 Å². The highest BCUT2D eigenvalue weighted by Crippen LogP contribution is 2.27. The van der Waals surface area contributed by atoms with Crippen molar-refractivity contribution in [3.05, 3.63) is 27.4 Å². The van der Waals surface area contributed by atoms with Crippen LogP contribution in [0.2, 0.25) is 5.02 Å². The van der Waals surface area contributed by atoms with E-state index in [9.17, 15) is 10.1 Å². The zero-order chi connectivity index (χ0) is 13.8. The number of anilines is 1. The second-order valence-electron chi connectivity index (χ2n) is 4.53. The summed E-state index contributed by atoms with van der Waals surface area (Å²) in [5.74, 6) is 0.909. The third-order valence-corrected chi connectivity index (χ3v) is 3.61. The molecule has 0 aliphatic carbocycles. The second-order valence-corrected chi connectivity index (χ2v) is 4.94. The molecule has 0 bridgehead atoms. The molecule has 1 aliphatic heterocycles. The minimum atomic E-state index is -0.513. The first-order valence-corrected chi connectivity index (χ1v) is 6.65. The summed E-state index contributed by atoms with van der Waals surface area (Å²) in [6.07, 6.45) is 3.46. The zero-order valence-corrected chi connectivity index (χ0v) is 11.4. The van der Waals surface area contributed by atoms with Gasteiger partial charge in [-0.2, -0.15) is 0 Å². The summed E-state index contributed by atoms with van der Waals surface area (Å²) < 4.78 is 5.60. The van der Waals surface area contributed by atoms with Crippen molar-refractivity contribution in [1.82, 2.24) is 4.98 Å². The van der Waals surface area contributed by atoms with Gasteiger partial charge < -0.3 is 10.1 Å². The van der Waals surface area contributed by atoms with E-state index in [1.807, 2.05) is 0 Å². The van der Waals surface area contributed by atoms with Crippen molar-refractivity contribution >= 4 is 23.1 Å². The molecule has 2 heterocycles. The van der Waals surface area contributed by atoms with Crippen molar-refractivity contribution in [3.8, 4) is 0 Å². The molecule has 0 radical (unpaired) electrons. The SMILES string of the molecule is CCC1OCCC1CNc1ncc([N+](=O)[O-])cc1Cl. The number of pyridine rings is 1. The van der Waals surface area contributed by atoms with E-state index in [1.165, 1.54) is 12.3 Å². The summed E-state index contributed by atoms with van der Waals surface area (Å²) >= 11 is 5.97. The molecule has 1 saturated heterocycles. The highest BCUT2D eigenvalue weighted by Gasteiger charge is 2.26. The predicted octanol–water partition coefficient (Wildman–Crippen LogP) is 2.87. The van der Waals surface area contributed by atoms with Crippen LogP contribution in [-0.4, -0.2) is 29.2 Å². The first kappa shape index (κ1) is 14.0. The monoisotopic (exact) mass is 285 g/mol. The van der Waals surface area contributed by atoms with Crippen molar-refractivity contribution in [3.63, 3.8) is 0 Å². The molecule has 0 spiro atoms. The standard InChI is InChI=1S/C12H16ClN3O3/c1-2-11-8(3-4-19-11)6-14-12-10(13)5-9(7-15-12)16(17)18/h5,7-8,11H,2-4,6H2,1H3,(H,14,15). The summed E-state index contributed by atoms with van der Waals surface area (Å²) in [4.78, 5) is 14.1. The minimum Gasteiger partial charge on any atom is -0.378 e. The van der Waals surface area contributed by atoms with Gasteiger partial charge in [0.05, 0.1) is 16.0 Å². The quantitative estimate of drug-likeness (QED) is 0.665. The van der Waals surface area contributed by atoms with Crippen LogP contribution in [0.5, 0.6) is 0 Å². The van der Waals surface area contributed by atoms with Crippen LogP contribution >= 0.6 is 11.6 Å². The molecule has 6 nitrogen and oxygen atoms in total. The van der Waals surface area contributed by atoms with E-state index in [-0.39, 0.29) is 16.8 Å². The molecule has 2 unspecified atom stereocenters. The Balaban J connectivity index is 1.98. The molecule has 0 aromatic carbocycles. The van der Waals surface area contributed by atoms with Gasteiger partial charge >= 0.3 is 0 Å². The number of nitro groups is 1. The van der Waals surface area contributed by atoms with Crippen LogP contribution in [0.25, 0.3) is 0 Å². The van der Waals surface area contributed by atoms with Gasteiger partial charge in [0.1, 0.15) is 12.0 Å². The average molecular weight is 286 g/mol. The Bertz CT molecular complexity index is 470. The number of nitrogens with zero attached hydrogens (tertiary/aromatic N) is 2. The van der Waals surface area contributed by atoms with Crippen molar-refractivity contribution < 1.29 is 9.66 Å². The number of aromatic nitrogens is 1. The lowest BCUT2D eigenvalue weighted by Gasteiger charge is -2.17. The second kappa shape index (κ2) is 6.16. The Labute approximate surface area is 116 Å². The van der Waals surface area contributed by atoms with Gasteiger partial charge in [0.15, 0.2) is 0 Å². The van der Waals surface area contributed by atoms with Crippen LogP contribution in [0.15, 0.2) is 12.3 Å². The van der Waals surface area contributed by atoms with E-state index in [0.717, 1.165) is 19.4 Å². The van der Waals surface area contributed by atoms with Gasteiger partial charge in [0.2, 0.25) is 0 Å². The highest BCUT2D eigenvalue weighted by atomic mass is 35.5. The van der Waals surface area contributed by atoms with Crippen molar-refractivity contribution in [2.75, 3.05) is 18.5 Å². The molecular weight excluding hydrogens is 270 g/mol. The lowest BCUT2D eigenvalue weighted by atomic mass is 10.00. The Morgan fingerprint density at radius 1 is 1.68 bits per heavy atom. The molecule has 1 aliphatic rings. The fourth-order valence-corrected chi connectivity index (χ4v) is 2.49. The van der Waals surface area contributed by atoms with Crippen LogP contribution in [0.3, 0.4) is 0 Å². The van der Waals surface area contributed by atoms with Crippen LogP contribution < -0.4 is 5.32 Å². The molecule has 2 atom stereocenters. The molecular formula is C12H16ClN3O3. The van der Waals surface area contributed by atoms with Gasteiger partial charge in [-0.1, -0.05) is 18.5 Å². The Morgan fingerprint density at radius 2 is 2.47 bits per heavy atom. The smallest absolute Gasteiger partial charge is 0.289 e. The molecule has 1 fully saturated rings. The Morgan fingerprint density at radius 3 is 3.11 bits per heavy atom. The summed E-state index contributed by atoms with van der Waals surface area (Å²) in [5.41, 5.74) is -0.105. The van der Waals surface area contributed by atoms with Crippen LogP contribution in [0.1, 0.15) is 19.8 Å². The van der Waals surface area contributed by atoms with Crippen LogP contribution in [0, 0.1) is 16.0 Å². The lowest BCUT2D eigenvalue weighted by Crippen LogP contribution is -2.23. The largest absolute Gasteiger partial charge is 0.378 e. The van der Waals surface area contributed by atoms with E-state index in [4.69, 9.17) is 16.3 Å². The third kappa shape index (κ3) is 3.33. The molecule has 1 aromatic heterocycles. The maximum Gasteiger partial charge on any atom is 0.289 e. The van der Waals surface area contributed by atoms with Gasteiger partial charge in [-0.05, 0) is 12.8 Å². The van der Waals surface area contributed by atoms with Gasteiger partial charge in [0.25, 0.3) is 5.69 Å². The van der Waals surface area contributed by atoms with Gasteiger partial charge in [-0.25, -0.2) is 4.98 Å². The minimum absolute atomic E-state index is 0.105. The van der Waals surface area contributed by atoms with E-state index in [0.29, 0.717) is 18.3 Å². The van der Waals surface area contributed by atoms with Crippen molar-refractivity contribution in [1.29, 1.82) is 0 Å². The molecule has 2 rings (SSSR count). The molecule has 104 valence electrons. The molecule has 0 saturated carbocycles. The third-order valence-electron chi connectivity index (χ3n) is 3.32. The van der Waals surface area contributed by atoms with Crippen LogP contribution in [0.4, 0.5) is 11.5 Å².